The smallest absolute Gasteiger partial charge is 0.0971 e. The molecule has 1 unspecified atom stereocenters. The molecule has 3 aliphatic carbocycles. The van der Waals surface area contributed by atoms with Gasteiger partial charge in [-0.3, -0.25) is 4.68 Å². The van der Waals surface area contributed by atoms with Gasteiger partial charge in [-0.15, -0.1) is 0 Å². The molecule has 0 aliphatic heterocycles. The van der Waals surface area contributed by atoms with Crippen LogP contribution in [0.5, 0.6) is 0 Å². The Bertz CT molecular complexity index is 690. The van der Waals surface area contributed by atoms with E-state index in [1.54, 1.807) is 0 Å². The molecule has 116 valence electrons. The summed E-state index contributed by atoms with van der Waals surface area (Å²) in [5, 5.41) is 25.2. The molecule has 3 atom stereocenters. The summed E-state index contributed by atoms with van der Waals surface area (Å²) >= 11 is 0. The third-order valence-corrected chi connectivity index (χ3v) is 6.49. The quantitative estimate of drug-likeness (QED) is 0.800. The fourth-order valence-corrected chi connectivity index (χ4v) is 5.64. The van der Waals surface area contributed by atoms with Crippen molar-refractivity contribution in [2.75, 3.05) is 0 Å². The van der Waals surface area contributed by atoms with Gasteiger partial charge < -0.3 is 5.11 Å². The maximum atomic E-state index is 10.9. The van der Waals surface area contributed by atoms with E-state index in [0.29, 0.717) is 11.5 Å². The second-order valence-corrected chi connectivity index (χ2v) is 7.60. The molecule has 1 N–H and O–H groups in total. The number of hydrogen-bond acceptors (Lipinski definition) is 3. The lowest BCUT2D eigenvalue weighted by Gasteiger charge is -2.54. The van der Waals surface area contributed by atoms with Crippen molar-refractivity contribution < 1.29 is 5.11 Å². The summed E-state index contributed by atoms with van der Waals surface area (Å²) in [4.78, 5) is 0. The molecule has 0 saturated heterocycles. The molecule has 1 aromatic rings. The molecule has 3 aliphatic rings. The fraction of sp³-hybridized carbons (Fsp3) is 0.667. The van der Waals surface area contributed by atoms with Crippen molar-refractivity contribution in [3.8, 4) is 6.07 Å². The van der Waals surface area contributed by atoms with Crippen molar-refractivity contribution in [1.82, 2.24) is 9.78 Å². The van der Waals surface area contributed by atoms with E-state index >= 15 is 0 Å². The van der Waals surface area contributed by atoms with Crippen molar-refractivity contribution in [3.63, 3.8) is 0 Å². The molecule has 4 rings (SSSR count). The highest BCUT2D eigenvalue weighted by Gasteiger charge is 2.59. The molecule has 1 fully saturated rings. The van der Waals surface area contributed by atoms with Crippen LogP contribution in [0.15, 0.2) is 17.8 Å². The summed E-state index contributed by atoms with van der Waals surface area (Å²) in [6, 6.07) is 2.28. The predicted octanol–water partition coefficient (Wildman–Crippen LogP) is 2.63. The minimum Gasteiger partial charge on any atom is -0.387 e. The maximum absolute atomic E-state index is 10.9. The van der Waals surface area contributed by atoms with Crippen LogP contribution in [0.1, 0.15) is 50.3 Å². The Morgan fingerprint density at radius 3 is 2.82 bits per heavy atom. The number of aliphatic hydroxyl groups excluding tert-OH is 1. The van der Waals surface area contributed by atoms with E-state index in [-0.39, 0.29) is 10.8 Å². The van der Waals surface area contributed by atoms with Crippen molar-refractivity contribution in [1.29, 1.82) is 5.26 Å². The standard InChI is InChI=1S/C18H23N3O/c1-17-9-13(10-19)16(22)18(7-3-4-8-18)14(17)6-5-12-11-21(2)20-15(12)17/h9,11,14,16,22H,3-8H2,1-2H3/t14-,16?,17+/m1/s1. The van der Waals surface area contributed by atoms with Crippen LogP contribution in [0.4, 0.5) is 0 Å². The number of fused-ring (bicyclic) bond motifs is 4. The lowest BCUT2D eigenvalue weighted by Crippen LogP contribution is -2.54. The van der Waals surface area contributed by atoms with Crippen molar-refractivity contribution in [3.05, 3.63) is 29.1 Å². The summed E-state index contributed by atoms with van der Waals surface area (Å²) in [7, 11) is 1.97. The number of hydrogen-bond donors (Lipinski definition) is 1. The molecule has 4 heteroatoms. The Hall–Kier alpha value is -1.60. The van der Waals surface area contributed by atoms with E-state index in [4.69, 9.17) is 5.10 Å². The van der Waals surface area contributed by atoms with Crippen molar-refractivity contribution in [2.24, 2.45) is 18.4 Å². The van der Waals surface area contributed by atoms with Gasteiger partial charge in [-0.05, 0) is 37.2 Å². The molecule has 1 saturated carbocycles. The van der Waals surface area contributed by atoms with E-state index < -0.39 is 6.10 Å². The number of allylic oxidation sites excluding steroid dienone is 1. The molecule has 1 spiro atoms. The first-order valence-electron chi connectivity index (χ1n) is 8.35. The predicted molar refractivity (Wildman–Crippen MR) is 83.0 cm³/mol. The molecule has 0 bridgehead atoms. The van der Waals surface area contributed by atoms with Crippen LogP contribution in [0.2, 0.25) is 0 Å². The average Bonchev–Trinajstić information content (AvgIpc) is 3.11. The SMILES string of the molecule is Cn1cc2c(n1)[C@@]1(C)C=C(C#N)C(O)C3(CCCC3)[C@@H]1CC2. The molecule has 1 aromatic heterocycles. The average molecular weight is 297 g/mol. The second kappa shape index (κ2) is 4.45. The minimum absolute atomic E-state index is 0.121. The zero-order valence-electron chi connectivity index (χ0n) is 13.3. The summed E-state index contributed by atoms with van der Waals surface area (Å²) in [5.41, 5.74) is 2.64. The topological polar surface area (TPSA) is 61.8 Å². The first-order chi connectivity index (χ1) is 10.5. The zero-order valence-corrected chi connectivity index (χ0v) is 13.3. The summed E-state index contributed by atoms with van der Waals surface area (Å²) in [6.07, 6.45) is 10.1. The Balaban J connectivity index is 1.95. The van der Waals surface area contributed by atoms with Crippen LogP contribution in [-0.2, 0) is 18.9 Å². The van der Waals surface area contributed by atoms with Crippen LogP contribution < -0.4 is 0 Å². The van der Waals surface area contributed by atoms with Crippen molar-refractivity contribution in [2.45, 2.75) is 57.0 Å². The highest BCUT2D eigenvalue weighted by Crippen LogP contribution is 2.61. The highest BCUT2D eigenvalue weighted by atomic mass is 16.3. The van der Waals surface area contributed by atoms with Crippen LogP contribution in [0.3, 0.4) is 0 Å². The molecule has 22 heavy (non-hydrogen) atoms. The zero-order chi connectivity index (χ0) is 15.5. The third-order valence-electron chi connectivity index (χ3n) is 6.49. The molecular formula is C18H23N3O. The number of nitrogens with zero attached hydrogens (tertiary/aromatic N) is 3. The molecule has 0 amide bonds. The third kappa shape index (κ3) is 1.58. The van der Waals surface area contributed by atoms with E-state index in [1.165, 1.54) is 5.56 Å². The molecule has 0 radical (unpaired) electrons. The van der Waals surface area contributed by atoms with Gasteiger partial charge in [-0.25, -0.2) is 0 Å². The second-order valence-electron chi connectivity index (χ2n) is 7.60. The van der Waals surface area contributed by atoms with Gasteiger partial charge in [0, 0.05) is 24.1 Å². The number of aliphatic hydroxyl groups is 1. The highest BCUT2D eigenvalue weighted by molar-refractivity contribution is 5.45. The number of rotatable bonds is 0. The monoisotopic (exact) mass is 297 g/mol. The lowest BCUT2D eigenvalue weighted by molar-refractivity contribution is -0.0331. The van der Waals surface area contributed by atoms with Gasteiger partial charge in [0.1, 0.15) is 0 Å². The minimum atomic E-state index is -0.594. The summed E-state index contributed by atoms with van der Waals surface area (Å²) < 4.78 is 1.89. The summed E-state index contributed by atoms with van der Waals surface area (Å²) in [6.45, 7) is 2.23. The normalized spacial score (nSPS) is 35.6. The van der Waals surface area contributed by atoms with Crippen LogP contribution >= 0.6 is 0 Å². The largest absolute Gasteiger partial charge is 0.387 e. The van der Waals surface area contributed by atoms with Gasteiger partial charge in [0.2, 0.25) is 0 Å². The van der Waals surface area contributed by atoms with E-state index in [1.807, 2.05) is 17.8 Å². The van der Waals surface area contributed by atoms with Crippen LogP contribution in [-0.4, -0.2) is 21.0 Å². The number of nitriles is 1. The Kier molecular flexibility index (Phi) is 2.84. The first-order valence-corrected chi connectivity index (χ1v) is 8.35. The Morgan fingerprint density at radius 2 is 2.14 bits per heavy atom. The maximum Gasteiger partial charge on any atom is 0.0971 e. The van der Waals surface area contributed by atoms with E-state index in [9.17, 15) is 10.4 Å². The first kappa shape index (κ1) is 14.0. The number of aromatic nitrogens is 2. The fourth-order valence-electron chi connectivity index (χ4n) is 5.64. The van der Waals surface area contributed by atoms with Crippen LogP contribution in [0.25, 0.3) is 0 Å². The Morgan fingerprint density at radius 1 is 1.41 bits per heavy atom. The van der Waals surface area contributed by atoms with Gasteiger partial charge >= 0.3 is 0 Å². The molecule has 0 aromatic carbocycles. The van der Waals surface area contributed by atoms with E-state index in [0.717, 1.165) is 44.2 Å². The molecule has 4 nitrogen and oxygen atoms in total. The molecular weight excluding hydrogens is 274 g/mol. The van der Waals surface area contributed by atoms with Crippen LogP contribution in [0, 0.1) is 22.7 Å². The van der Waals surface area contributed by atoms with Gasteiger partial charge in [-0.1, -0.05) is 25.8 Å². The van der Waals surface area contributed by atoms with Gasteiger partial charge in [0.25, 0.3) is 0 Å². The lowest BCUT2D eigenvalue weighted by atomic mass is 9.50. The van der Waals surface area contributed by atoms with Gasteiger partial charge in [0.05, 0.1) is 23.4 Å². The Labute approximate surface area is 131 Å². The summed E-state index contributed by atoms with van der Waals surface area (Å²) in [5.74, 6) is 0.386. The van der Waals surface area contributed by atoms with E-state index in [2.05, 4.69) is 19.2 Å². The van der Waals surface area contributed by atoms with Gasteiger partial charge in [-0.2, -0.15) is 10.4 Å². The van der Waals surface area contributed by atoms with Crippen molar-refractivity contribution >= 4 is 0 Å². The molecule has 1 heterocycles. The number of aryl methyl sites for hydroxylation is 2. The van der Waals surface area contributed by atoms with Gasteiger partial charge in [0.15, 0.2) is 0 Å².